The molecule has 0 atom stereocenters. The first-order valence-corrected chi connectivity index (χ1v) is 8.02. The first kappa shape index (κ1) is 17.7. The number of aromatic nitrogens is 4. The molecule has 0 radical (unpaired) electrons. The van der Waals surface area contributed by atoms with Gasteiger partial charge in [-0.2, -0.15) is 9.78 Å². The first-order valence-electron chi connectivity index (χ1n) is 7.65. The van der Waals surface area contributed by atoms with Crippen molar-refractivity contribution < 1.29 is 9.90 Å². The third-order valence-electron chi connectivity index (χ3n) is 3.49. The van der Waals surface area contributed by atoms with Crippen LogP contribution in [0.4, 0.5) is 0 Å². The number of amides is 1. The number of carbonyl (C=O) groups is 1. The van der Waals surface area contributed by atoms with Crippen molar-refractivity contribution in [3.05, 3.63) is 70.0 Å². The second-order valence-corrected chi connectivity index (χ2v) is 5.68. The molecule has 2 N–H and O–H groups in total. The highest BCUT2D eigenvalue weighted by Gasteiger charge is 2.17. The Morgan fingerprint density at radius 3 is 2.54 bits per heavy atom. The van der Waals surface area contributed by atoms with Crippen molar-refractivity contribution in [1.29, 1.82) is 0 Å². The Kier molecular flexibility index (Phi) is 5.35. The van der Waals surface area contributed by atoms with E-state index in [2.05, 4.69) is 20.4 Å². The van der Waals surface area contributed by atoms with Crippen molar-refractivity contribution in [3.8, 4) is 16.9 Å². The van der Waals surface area contributed by atoms with Crippen LogP contribution in [0.3, 0.4) is 0 Å². The quantitative estimate of drug-likeness (QED) is 0.694. The summed E-state index contributed by atoms with van der Waals surface area (Å²) < 4.78 is 1.07. The van der Waals surface area contributed by atoms with Gasteiger partial charge in [-0.05, 0) is 18.2 Å². The van der Waals surface area contributed by atoms with Gasteiger partial charge in [-0.25, -0.2) is 9.97 Å². The zero-order valence-electron chi connectivity index (χ0n) is 13.5. The van der Waals surface area contributed by atoms with Crippen molar-refractivity contribution in [2.45, 2.75) is 0 Å². The second kappa shape index (κ2) is 7.85. The number of rotatable bonds is 5. The highest BCUT2D eigenvalue weighted by Crippen LogP contribution is 2.20. The topological polar surface area (TPSA) is 110 Å². The molecule has 0 fully saturated rings. The minimum atomic E-state index is -0.618. The molecule has 132 valence electrons. The van der Waals surface area contributed by atoms with Crippen LogP contribution in [0.15, 0.2) is 53.8 Å². The fourth-order valence-electron chi connectivity index (χ4n) is 2.26. The van der Waals surface area contributed by atoms with Crippen molar-refractivity contribution in [2.75, 3.05) is 13.2 Å². The maximum atomic E-state index is 12.7. The third kappa shape index (κ3) is 3.76. The van der Waals surface area contributed by atoms with E-state index in [9.17, 15) is 9.59 Å². The number of halogens is 1. The van der Waals surface area contributed by atoms with Gasteiger partial charge < -0.3 is 10.4 Å². The summed E-state index contributed by atoms with van der Waals surface area (Å²) in [5.74, 6) is -0.604. The lowest BCUT2D eigenvalue weighted by Gasteiger charge is -2.10. The Hall–Kier alpha value is -3.10. The van der Waals surface area contributed by atoms with E-state index in [4.69, 9.17) is 16.7 Å². The van der Waals surface area contributed by atoms with Crippen LogP contribution in [0.5, 0.6) is 0 Å². The molecule has 3 rings (SSSR count). The molecule has 2 aromatic heterocycles. The molecule has 2 heterocycles. The third-order valence-corrected chi connectivity index (χ3v) is 3.74. The lowest BCUT2D eigenvalue weighted by atomic mass is 10.1. The van der Waals surface area contributed by atoms with Crippen molar-refractivity contribution in [2.24, 2.45) is 0 Å². The van der Waals surface area contributed by atoms with Crippen LogP contribution in [0, 0.1) is 0 Å². The van der Waals surface area contributed by atoms with E-state index in [1.165, 1.54) is 24.8 Å². The molecule has 1 amide bonds. The number of aliphatic hydroxyl groups excluding tert-OH is 1. The van der Waals surface area contributed by atoms with Crippen molar-refractivity contribution in [3.63, 3.8) is 0 Å². The van der Waals surface area contributed by atoms with Crippen LogP contribution >= 0.6 is 11.6 Å². The number of nitrogens with one attached hydrogen (secondary N) is 1. The molecule has 9 heteroatoms. The van der Waals surface area contributed by atoms with E-state index in [0.717, 1.165) is 4.68 Å². The van der Waals surface area contributed by atoms with E-state index in [0.29, 0.717) is 22.0 Å². The van der Waals surface area contributed by atoms with Crippen LogP contribution in [0.2, 0.25) is 5.02 Å². The van der Waals surface area contributed by atoms with Crippen LogP contribution in [0.25, 0.3) is 16.9 Å². The van der Waals surface area contributed by atoms with Crippen LogP contribution in [0.1, 0.15) is 10.4 Å². The predicted octanol–water partition coefficient (Wildman–Crippen LogP) is 1.06. The molecule has 0 aliphatic carbocycles. The summed E-state index contributed by atoms with van der Waals surface area (Å²) in [4.78, 5) is 32.8. The van der Waals surface area contributed by atoms with Gasteiger partial charge in [-0.1, -0.05) is 23.7 Å². The van der Waals surface area contributed by atoms with Crippen LogP contribution in [-0.4, -0.2) is 43.9 Å². The lowest BCUT2D eigenvalue weighted by Crippen LogP contribution is -2.35. The monoisotopic (exact) mass is 371 g/mol. The standard InChI is InChI=1S/C17H14ClN5O3/c18-12-3-1-11(2-4-12)15-7-14(16(25)21-5-6-24)17(26)23(22-15)13-8-19-10-20-9-13/h1-4,7-10,24H,5-6H2,(H,21,25). The highest BCUT2D eigenvalue weighted by atomic mass is 35.5. The van der Waals surface area contributed by atoms with E-state index in [1.807, 2.05) is 0 Å². The highest BCUT2D eigenvalue weighted by molar-refractivity contribution is 6.30. The van der Waals surface area contributed by atoms with E-state index in [-0.39, 0.29) is 18.7 Å². The van der Waals surface area contributed by atoms with Gasteiger partial charge in [0.25, 0.3) is 11.5 Å². The molecule has 0 saturated carbocycles. The fourth-order valence-corrected chi connectivity index (χ4v) is 2.39. The van der Waals surface area contributed by atoms with E-state index in [1.54, 1.807) is 24.3 Å². The minimum Gasteiger partial charge on any atom is -0.395 e. The number of hydrogen-bond donors (Lipinski definition) is 2. The van der Waals surface area contributed by atoms with Gasteiger partial charge in [0.2, 0.25) is 0 Å². The molecule has 1 aromatic carbocycles. The summed E-state index contributed by atoms with van der Waals surface area (Å²) >= 11 is 5.91. The first-order chi connectivity index (χ1) is 12.6. The molecule has 0 unspecified atom stereocenters. The molecule has 26 heavy (non-hydrogen) atoms. The van der Waals surface area contributed by atoms with Gasteiger partial charge in [0.1, 0.15) is 17.6 Å². The van der Waals surface area contributed by atoms with Gasteiger partial charge in [-0.15, -0.1) is 0 Å². The van der Waals surface area contributed by atoms with Gasteiger partial charge in [0.05, 0.1) is 24.7 Å². The second-order valence-electron chi connectivity index (χ2n) is 5.24. The number of aliphatic hydroxyl groups is 1. The molecule has 0 saturated heterocycles. The molecule has 0 spiro atoms. The smallest absolute Gasteiger partial charge is 0.284 e. The zero-order valence-corrected chi connectivity index (χ0v) is 14.2. The normalized spacial score (nSPS) is 10.5. The summed E-state index contributed by atoms with van der Waals surface area (Å²) in [6.07, 6.45) is 4.16. The number of benzene rings is 1. The Morgan fingerprint density at radius 2 is 1.88 bits per heavy atom. The molecule has 3 aromatic rings. The molecular weight excluding hydrogens is 358 g/mol. The van der Waals surface area contributed by atoms with Crippen LogP contribution < -0.4 is 10.9 Å². The number of nitrogens with zero attached hydrogens (tertiary/aromatic N) is 4. The van der Waals surface area contributed by atoms with Gasteiger partial charge in [0, 0.05) is 17.1 Å². The molecule has 8 nitrogen and oxygen atoms in total. The molecular formula is C17H14ClN5O3. The predicted molar refractivity (Wildman–Crippen MR) is 95.3 cm³/mol. The molecule has 0 aliphatic rings. The Morgan fingerprint density at radius 1 is 1.19 bits per heavy atom. The average Bonchev–Trinajstić information content (AvgIpc) is 2.67. The molecule has 0 bridgehead atoms. The summed E-state index contributed by atoms with van der Waals surface area (Å²) in [7, 11) is 0. The Balaban J connectivity index is 2.17. The zero-order chi connectivity index (χ0) is 18.5. The van der Waals surface area contributed by atoms with Crippen molar-refractivity contribution in [1.82, 2.24) is 25.1 Å². The largest absolute Gasteiger partial charge is 0.395 e. The van der Waals surface area contributed by atoms with Gasteiger partial charge in [-0.3, -0.25) is 9.59 Å². The summed E-state index contributed by atoms with van der Waals surface area (Å²) in [5.41, 5.74) is 0.676. The number of carbonyl (C=O) groups excluding carboxylic acids is 1. The Bertz CT molecular complexity index is 974. The SMILES string of the molecule is O=C(NCCO)c1cc(-c2ccc(Cl)cc2)nn(-c2cncnc2)c1=O. The molecule has 0 aliphatic heterocycles. The maximum Gasteiger partial charge on any atom is 0.284 e. The summed E-state index contributed by atoms with van der Waals surface area (Å²) in [6.45, 7) is -0.201. The summed E-state index contributed by atoms with van der Waals surface area (Å²) in [6, 6.07) is 8.24. The van der Waals surface area contributed by atoms with E-state index >= 15 is 0 Å². The van der Waals surface area contributed by atoms with Gasteiger partial charge >= 0.3 is 0 Å². The van der Waals surface area contributed by atoms with Gasteiger partial charge in [0.15, 0.2) is 0 Å². The average molecular weight is 372 g/mol. The van der Waals surface area contributed by atoms with E-state index < -0.39 is 11.5 Å². The lowest BCUT2D eigenvalue weighted by molar-refractivity contribution is 0.0942. The Labute approximate surface area is 153 Å². The number of hydrogen-bond acceptors (Lipinski definition) is 6. The minimum absolute atomic E-state index is 0.0331. The van der Waals surface area contributed by atoms with Crippen molar-refractivity contribution >= 4 is 17.5 Å². The summed E-state index contributed by atoms with van der Waals surface area (Å²) in [5, 5.41) is 16.2. The fraction of sp³-hybridized carbons (Fsp3) is 0.118. The van der Waals surface area contributed by atoms with Crippen LogP contribution in [-0.2, 0) is 0 Å². The maximum absolute atomic E-state index is 12.7.